The molecule has 4 nitrogen and oxygen atoms in total. The average molecular weight is 316 g/mol. The van der Waals surface area contributed by atoms with Gasteiger partial charge in [-0.3, -0.25) is 4.79 Å². The number of fused-ring (bicyclic) bond motifs is 1. The van der Waals surface area contributed by atoms with Gasteiger partial charge in [-0.25, -0.2) is 4.79 Å². The highest BCUT2D eigenvalue weighted by atomic mass is 35.5. The number of rotatable bonds is 2. The lowest BCUT2D eigenvalue weighted by molar-refractivity contribution is -0.142. The van der Waals surface area contributed by atoms with Crippen molar-refractivity contribution in [1.82, 2.24) is 4.90 Å². The van der Waals surface area contributed by atoms with Crippen LogP contribution >= 0.6 is 11.6 Å². The molecule has 2 aromatic carbocycles. The minimum absolute atomic E-state index is 0.290. The summed E-state index contributed by atoms with van der Waals surface area (Å²) in [6, 6.07) is 13.3. The molecule has 0 fully saturated rings. The van der Waals surface area contributed by atoms with Crippen LogP contribution in [-0.2, 0) is 17.8 Å². The van der Waals surface area contributed by atoms with Crippen LogP contribution in [0.15, 0.2) is 48.5 Å². The van der Waals surface area contributed by atoms with Crippen LogP contribution in [-0.4, -0.2) is 27.9 Å². The van der Waals surface area contributed by atoms with Crippen LogP contribution in [0, 0.1) is 0 Å². The summed E-state index contributed by atoms with van der Waals surface area (Å²) >= 11 is 5.92. The summed E-state index contributed by atoms with van der Waals surface area (Å²) in [5.41, 5.74) is 2.36. The minimum Gasteiger partial charge on any atom is -0.480 e. The molecule has 1 aliphatic heterocycles. The Balaban J connectivity index is 1.97. The van der Waals surface area contributed by atoms with Crippen LogP contribution in [0.3, 0.4) is 0 Å². The van der Waals surface area contributed by atoms with E-state index in [2.05, 4.69) is 0 Å². The molecule has 0 saturated heterocycles. The van der Waals surface area contributed by atoms with Gasteiger partial charge in [-0.1, -0.05) is 41.9 Å². The van der Waals surface area contributed by atoms with E-state index in [-0.39, 0.29) is 5.91 Å². The summed E-state index contributed by atoms with van der Waals surface area (Å²) in [6.45, 7) is 0.290. The first kappa shape index (κ1) is 14.6. The van der Waals surface area contributed by atoms with E-state index in [9.17, 15) is 14.7 Å². The van der Waals surface area contributed by atoms with Gasteiger partial charge >= 0.3 is 5.97 Å². The van der Waals surface area contributed by atoms with E-state index in [0.29, 0.717) is 23.6 Å². The molecule has 1 amide bonds. The second-order valence-corrected chi connectivity index (χ2v) is 5.71. The first-order chi connectivity index (χ1) is 10.6. The summed E-state index contributed by atoms with van der Waals surface area (Å²) < 4.78 is 0. The Labute approximate surface area is 132 Å². The zero-order valence-electron chi connectivity index (χ0n) is 11.7. The van der Waals surface area contributed by atoms with Crippen LogP contribution < -0.4 is 0 Å². The van der Waals surface area contributed by atoms with Crippen LogP contribution in [0.1, 0.15) is 21.5 Å². The fourth-order valence-corrected chi connectivity index (χ4v) is 2.93. The summed E-state index contributed by atoms with van der Waals surface area (Å²) in [7, 11) is 0. The predicted molar refractivity (Wildman–Crippen MR) is 82.9 cm³/mol. The van der Waals surface area contributed by atoms with Crippen molar-refractivity contribution in [3.63, 3.8) is 0 Å². The molecule has 1 atom stereocenters. The molecule has 112 valence electrons. The largest absolute Gasteiger partial charge is 0.480 e. The first-order valence-electron chi connectivity index (χ1n) is 6.92. The van der Waals surface area contributed by atoms with Crippen LogP contribution in [0.4, 0.5) is 0 Å². The molecule has 0 bridgehead atoms. The molecule has 1 heterocycles. The smallest absolute Gasteiger partial charge is 0.326 e. The van der Waals surface area contributed by atoms with Crippen LogP contribution in [0.5, 0.6) is 0 Å². The predicted octanol–water partition coefficient (Wildman–Crippen LogP) is 2.99. The fraction of sp³-hybridized carbons (Fsp3) is 0.176. The number of aliphatic carboxylic acids is 1. The second-order valence-electron chi connectivity index (χ2n) is 5.27. The second kappa shape index (κ2) is 5.81. The van der Waals surface area contributed by atoms with Crippen molar-refractivity contribution in [2.45, 2.75) is 19.0 Å². The van der Waals surface area contributed by atoms with Gasteiger partial charge in [0.15, 0.2) is 0 Å². The lowest BCUT2D eigenvalue weighted by Gasteiger charge is -2.34. The van der Waals surface area contributed by atoms with Crippen molar-refractivity contribution in [3.8, 4) is 0 Å². The topological polar surface area (TPSA) is 57.6 Å². The molecule has 1 unspecified atom stereocenters. The molecule has 0 aromatic heterocycles. The molecule has 0 radical (unpaired) electrons. The summed E-state index contributed by atoms with van der Waals surface area (Å²) in [4.78, 5) is 25.6. The average Bonchev–Trinajstić information content (AvgIpc) is 2.52. The molecule has 1 aliphatic rings. The number of benzene rings is 2. The third kappa shape index (κ3) is 2.70. The van der Waals surface area contributed by atoms with Crippen molar-refractivity contribution in [2.75, 3.05) is 0 Å². The number of nitrogens with zero attached hydrogens (tertiary/aromatic N) is 1. The van der Waals surface area contributed by atoms with Crippen molar-refractivity contribution in [3.05, 3.63) is 70.2 Å². The molecule has 0 spiro atoms. The van der Waals surface area contributed by atoms with E-state index in [1.165, 1.54) is 4.90 Å². The molecule has 22 heavy (non-hydrogen) atoms. The highest BCUT2D eigenvalue weighted by Crippen LogP contribution is 2.25. The van der Waals surface area contributed by atoms with Gasteiger partial charge in [0.1, 0.15) is 6.04 Å². The SMILES string of the molecule is O=C(O)C1Cc2ccccc2CN1C(=O)c1cccc(Cl)c1. The Morgan fingerprint density at radius 2 is 1.82 bits per heavy atom. The maximum Gasteiger partial charge on any atom is 0.326 e. The van der Waals surface area contributed by atoms with E-state index in [0.717, 1.165) is 11.1 Å². The maximum atomic E-state index is 12.7. The van der Waals surface area contributed by atoms with E-state index in [1.54, 1.807) is 24.3 Å². The number of carbonyl (C=O) groups excluding carboxylic acids is 1. The number of hydrogen-bond acceptors (Lipinski definition) is 2. The van der Waals surface area contributed by atoms with Gasteiger partial charge in [0.2, 0.25) is 0 Å². The van der Waals surface area contributed by atoms with Gasteiger partial charge in [-0.2, -0.15) is 0 Å². The quantitative estimate of drug-likeness (QED) is 0.927. The van der Waals surface area contributed by atoms with Gasteiger partial charge in [0, 0.05) is 23.6 Å². The molecule has 2 aromatic rings. The van der Waals surface area contributed by atoms with Crippen molar-refractivity contribution in [2.24, 2.45) is 0 Å². The third-order valence-electron chi connectivity index (χ3n) is 3.87. The monoisotopic (exact) mass is 315 g/mol. The summed E-state index contributed by atoms with van der Waals surface area (Å²) in [5.74, 6) is -1.31. The summed E-state index contributed by atoms with van der Waals surface area (Å²) in [6.07, 6.45) is 0.317. The Hall–Kier alpha value is -2.33. The molecule has 0 aliphatic carbocycles. The highest BCUT2D eigenvalue weighted by molar-refractivity contribution is 6.31. The standard InChI is InChI=1S/C17H14ClNO3/c18-14-7-3-6-12(8-14)16(20)19-10-13-5-2-1-4-11(13)9-15(19)17(21)22/h1-8,15H,9-10H2,(H,21,22). The molecule has 5 heteroatoms. The number of carboxylic acids is 1. The Morgan fingerprint density at radius 1 is 1.09 bits per heavy atom. The molecule has 3 rings (SSSR count). The molecular formula is C17H14ClNO3. The van der Waals surface area contributed by atoms with Crippen molar-refractivity contribution in [1.29, 1.82) is 0 Å². The number of hydrogen-bond donors (Lipinski definition) is 1. The van der Waals surface area contributed by atoms with Gasteiger partial charge in [0.25, 0.3) is 5.91 Å². The zero-order chi connectivity index (χ0) is 15.7. The third-order valence-corrected chi connectivity index (χ3v) is 4.10. The number of carbonyl (C=O) groups is 2. The molecular weight excluding hydrogens is 302 g/mol. The normalized spacial score (nSPS) is 17.0. The maximum absolute atomic E-state index is 12.7. The van der Waals surface area contributed by atoms with Crippen molar-refractivity contribution >= 4 is 23.5 Å². The van der Waals surface area contributed by atoms with Crippen molar-refractivity contribution < 1.29 is 14.7 Å². The highest BCUT2D eigenvalue weighted by Gasteiger charge is 2.34. The van der Waals surface area contributed by atoms with Gasteiger partial charge in [0.05, 0.1) is 0 Å². The van der Waals surface area contributed by atoms with E-state index < -0.39 is 12.0 Å². The Kier molecular flexibility index (Phi) is 3.86. The number of carboxylic acid groups (broad SMARTS) is 1. The van der Waals surface area contributed by atoms with Crippen LogP contribution in [0.2, 0.25) is 5.02 Å². The molecule has 1 N–H and O–H groups in total. The molecule has 0 saturated carbocycles. The lowest BCUT2D eigenvalue weighted by Crippen LogP contribution is -2.48. The van der Waals surface area contributed by atoms with Gasteiger partial charge in [-0.05, 0) is 29.3 Å². The van der Waals surface area contributed by atoms with Gasteiger partial charge < -0.3 is 10.0 Å². The fourth-order valence-electron chi connectivity index (χ4n) is 2.74. The van der Waals surface area contributed by atoms with E-state index >= 15 is 0 Å². The van der Waals surface area contributed by atoms with Crippen LogP contribution in [0.25, 0.3) is 0 Å². The lowest BCUT2D eigenvalue weighted by atomic mass is 9.93. The Morgan fingerprint density at radius 3 is 2.50 bits per heavy atom. The Bertz CT molecular complexity index is 744. The van der Waals surface area contributed by atoms with E-state index in [1.807, 2.05) is 24.3 Å². The van der Waals surface area contributed by atoms with E-state index in [4.69, 9.17) is 11.6 Å². The zero-order valence-corrected chi connectivity index (χ0v) is 12.5. The minimum atomic E-state index is -0.995. The number of amides is 1. The summed E-state index contributed by atoms with van der Waals surface area (Å²) in [5, 5.41) is 9.92. The first-order valence-corrected chi connectivity index (χ1v) is 7.30. The number of halogens is 1. The van der Waals surface area contributed by atoms with Gasteiger partial charge in [-0.15, -0.1) is 0 Å².